The minimum atomic E-state index is -1.82. The van der Waals surface area contributed by atoms with Crippen molar-refractivity contribution in [3.05, 3.63) is 12.2 Å². The Morgan fingerprint density at radius 2 is 1.78 bits per heavy atom. The van der Waals surface area contributed by atoms with Crippen LogP contribution in [0, 0.1) is 5.92 Å². The second-order valence-electron chi connectivity index (χ2n) is 8.86. The van der Waals surface area contributed by atoms with E-state index < -0.39 is 14.3 Å². The van der Waals surface area contributed by atoms with Crippen molar-refractivity contribution >= 4 is 20.4 Å². The monoisotopic (exact) mass is 399 g/mol. The Morgan fingerprint density at radius 1 is 1.15 bits per heavy atom. The molecule has 7 heteroatoms. The Bertz CT molecular complexity index is 541. The van der Waals surface area contributed by atoms with Crippen molar-refractivity contribution in [2.45, 2.75) is 77.2 Å². The summed E-state index contributed by atoms with van der Waals surface area (Å²) in [5, 5.41) is 0.155. The fraction of sp³-hybridized carbons (Fsp3) is 0.800. The van der Waals surface area contributed by atoms with E-state index in [2.05, 4.69) is 45.5 Å². The van der Waals surface area contributed by atoms with Gasteiger partial charge in [0.05, 0.1) is 20.3 Å². The smallest absolute Gasteiger partial charge is 0.410 e. The summed E-state index contributed by atoms with van der Waals surface area (Å²) in [7, 11) is 0.916. The predicted octanol–water partition coefficient (Wildman–Crippen LogP) is 4.36. The van der Waals surface area contributed by atoms with Crippen LogP contribution in [-0.2, 0) is 18.7 Å². The molecule has 0 aromatic rings. The zero-order valence-electron chi connectivity index (χ0n) is 18.2. The van der Waals surface area contributed by atoms with Crippen LogP contribution < -0.4 is 0 Å². The van der Waals surface area contributed by atoms with Crippen LogP contribution in [-0.4, -0.2) is 58.2 Å². The molecule has 1 rings (SSSR count). The summed E-state index contributed by atoms with van der Waals surface area (Å²) in [6.07, 6.45) is 5.43. The van der Waals surface area contributed by atoms with Crippen LogP contribution in [0.1, 0.15) is 47.0 Å². The summed E-state index contributed by atoms with van der Waals surface area (Å²) in [6.45, 7) is 13.8. The zero-order chi connectivity index (χ0) is 20.8. The number of carbonyl (C=O) groups is 2. The van der Waals surface area contributed by atoms with Crippen LogP contribution in [0.3, 0.4) is 0 Å². The minimum Gasteiger partial charge on any atom is -0.466 e. The van der Waals surface area contributed by atoms with E-state index in [0.29, 0.717) is 6.61 Å². The Balaban J connectivity index is 2.89. The third-order valence-electron chi connectivity index (χ3n) is 5.99. The molecule has 0 spiro atoms. The summed E-state index contributed by atoms with van der Waals surface area (Å²) in [5.74, 6) is -0.182. The lowest BCUT2D eigenvalue weighted by Gasteiger charge is -2.44. The van der Waals surface area contributed by atoms with Gasteiger partial charge in [-0.05, 0) is 43.3 Å². The van der Waals surface area contributed by atoms with Gasteiger partial charge in [0.2, 0.25) is 0 Å². The number of amides is 1. The molecular formula is C20H37NO5Si. The molecule has 1 aliphatic heterocycles. The molecule has 6 nitrogen and oxygen atoms in total. The van der Waals surface area contributed by atoms with E-state index in [9.17, 15) is 9.59 Å². The van der Waals surface area contributed by atoms with Crippen LogP contribution >= 0.6 is 0 Å². The first-order chi connectivity index (χ1) is 12.4. The summed E-state index contributed by atoms with van der Waals surface area (Å²) >= 11 is 0. The molecule has 27 heavy (non-hydrogen) atoms. The Labute approximate surface area is 165 Å². The molecule has 0 bridgehead atoms. The van der Waals surface area contributed by atoms with Crippen molar-refractivity contribution < 1.29 is 23.5 Å². The van der Waals surface area contributed by atoms with E-state index in [1.165, 1.54) is 20.3 Å². The van der Waals surface area contributed by atoms with Gasteiger partial charge >= 0.3 is 12.1 Å². The molecule has 3 atom stereocenters. The van der Waals surface area contributed by atoms with E-state index in [0.717, 1.165) is 19.3 Å². The first-order valence-corrected chi connectivity index (χ1v) is 12.6. The average molecular weight is 400 g/mol. The van der Waals surface area contributed by atoms with Crippen LogP contribution in [0.25, 0.3) is 0 Å². The number of methoxy groups -OCH3 is 2. The molecule has 1 saturated heterocycles. The molecule has 1 heterocycles. The van der Waals surface area contributed by atoms with Crippen LogP contribution in [0.5, 0.6) is 0 Å². The lowest BCUT2D eigenvalue weighted by molar-refractivity contribution is -0.134. The molecule has 0 radical (unpaired) electrons. The summed E-state index contributed by atoms with van der Waals surface area (Å²) < 4.78 is 16.0. The number of piperidine rings is 1. The van der Waals surface area contributed by atoms with Crippen molar-refractivity contribution in [1.29, 1.82) is 0 Å². The average Bonchev–Trinajstić information content (AvgIpc) is 2.59. The van der Waals surface area contributed by atoms with Crippen molar-refractivity contribution in [3.8, 4) is 0 Å². The summed E-state index contributed by atoms with van der Waals surface area (Å²) in [4.78, 5) is 25.8. The summed E-state index contributed by atoms with van der Waals surface area (Å²) in [5.41, 5.74) is 0. The van der Waals surface area contributed by atoms with Crippen molar-refractivity contribution in [2.24, 2.45) is 5.92 Å². The van der Waals surface area contributed by atoms with Gasteiger partial charge in [0.15, 0.2) is 8.32 Å². The first-order valence-electron chi connectivity index (χ1n) is 9.71. The van der Waals surface area contributed by atoms with Crippen molar-refractivity contribution in [1.82, 2.24) is 4.90 Å². The van der Waals surface area contributed by atoms with Crippen LogP contribution in [0.15, 0.2) is 12.2 Å². The molecule has 0 aliphatic carbocycles. The topological polar surface area (TPSA) is 65.1 Å². The van der Waals surface area contributed by atoms with Crippen LogP contribution in [0.4, 0.5) is 4.79 Å². The molecule has 0 saturated carbocycles. The quantitative estimate of drug-likeness (QED) is 0.377. The van der Waals surface area contributed by atoms with Gasteiger partial charge in [-0.2, -0.15) is 0 Å². The molecule has 1 amide bonds. The predicted molar refractivity (Wildman–Crippen MR) is 109 cm³/mol. The lowest BCUT2D eigenvalue weighted by atomic mass is 9.85. The highest BCUT2D eigenvalue weighted by Crippen LogP contribution is 2.37. The van der Waals surface area contributed by atoms with E-state index >= 15 is 0 Å². The lowest BCUT2D eigenvalue weighted by Crippen LogP contribution is -2.53. The van der Waals surface area contributed by atoms with E-state index in [1.54, 1.807) is 11.0 Å². The highest BCUT2D eigenvalue weighted by Gasteiger charge is 2.40. The van der Waals surface area contributed by atoms with Gasteiger partial charge in [-0.15, -0.1) is 0 Å². The standard InChI is InChI=1S/C20H37NO5Si/c1-15-9-10-16(13-14-26-27(7,8)20(2,3)4)21(19(23)25-6)17(15)11-12-18(22)24-5/h11-12,15-17H,9-10,13-14H2,1-8H3/b12-11+/t15-,16+,17+/m1/s1. The SMILES string of the molecule is COC(=O)/C=C/[C@H]1[C@H](C)CC[C@@H](CCO[Si](C)(C)C(C)(C)C)N1C(=O)OC. The van der Waals surface area contributed by atoms with Gasteiger partial charge in [-0.1, -0.05) is 33.8 Å². The van der Waals surface area contributed by atoms with Crippen LogP contribution in [0.2, 0.25) is 18.1 Å². The van der Waals surface area contributed by atoms with Gasteiger partial charge in [0.1, 0.15) is 0 Å². The molecule has 0 aromatic heterocycles. The maximum absolute atomic E-state index is 12.5. The molecular weight excluding hydrogens is 362 g/mol. The highest BCUT2D eigenvalue weighted by atomic mass is 28.4. The summed E-state index contributed by atoms with van der Waals surface area (Å²) in [6, 6.07) is -0.158. The largest absolute Gasteiger partial charge is 0.466 e. The highest BCUT2D eigenvalue weighted by molar-refractivity contribution is 6.74. The van der Waals surface area contributed by atoms with Crippen molar-refractivity contribution in [3.63, 3.8) is 0 Å². The van der Waals surface area contributed by atoms with Gasteiger partial charge in [-0.3, -0.25) is 4.90 Å². The Hall–Kier alpha value is -1.34. The maximum atomic E-state index is 12.5. The van der Waals surface area contributed by atoms with Crippen molar-refractivity contribution in [2.75, 3.05) is 20.8 Å². The number of esters is 1. The van der Waals surface area contributed by atoms with E-state index in [-0.39, 0.29) is 29.1 Å². The van der Waals surface area contributed by atoms with Gasteiger partial charge < -0.3 is 13.9 Å². The normalized spacial score (nSPS) is 24.1. The minimum absolute atomic E-state index is 0.0331. The molecule has 0 unspecified atom stereocenters. The number of rotatable bonds is 6. The van der Waals surface area contributed by atoms with E-state index in [1.807, 2.05) is 0 Å². The molecule has 1 fully saturated rings. The number of likely N-dealkylation sites (tertiary alicyclic amines) is 1. The number of ether oxygens (including phenoxy) is 2. The Morgan fingerprint density at radius 3 is 2.30 bits per heavy atom. The third kappa shape index (κ3) is 6.35. The van der Waals surface area contributed by atoms with Gasteiger partial charge in [0.25, 0.3) is 0 Å². The van der Waals surface area contributed by atoms with E-state index in [4.69, 9.17) is 9.16 Å². The second-order valence-corrected chi connectivity index (χ2v) is 13.7. The van der Waals surface area contributed by atoms with Gasteiger partial charge in [-0.25, -0.2) is 9.59 Å². The number of hydrogen-bond acceptors (Lipinski definition) is 5. The number of hydrogen-bond donors (Lipinski definition) is 0. The fourth-order valence-electron chi connectivity index (χ4n) is 3.14. The molecule has 1 aliphatic rings. The number of nitrogens with zero attached hydrogens (tertiary/aromatic N) is 1. The fourth-order valence-corrected chi connectivity index (χ4v) is 4.20. The molecule has 156 valence electrons. The maximum Gasteiger partial charge on any atom is 0.410 e. The zero-order valence-corrected chi connectivity index (χ0v) is 19.2. The molecule has 0 aromatic carbocycles. The third-order valence-corrected chi connectivity index (χ3v) is 10.5. The number of carbonyl (C=O) groups excluding carboxylic acids is 2. The first kappa shape index (κ1) is 23.7. The Kier molecular flexibility index (Phi) is 8.54. The van der Waals surface area contributed by atoms with Gasteiger partial charge in [0, 0.05) is 18.7 Å². The second kappa shape index (κ2) is 9.73. The molecule has 0 N–H and O–H groups in total.